The minimum Gasteiger partial charge on any atom is -0.384 e. The molecule has 0 amide bonds. The molecule has 0 saturated heterocycles. The van der Waals surface area contributed by atoms with Crippen LogP contribution < -0.4 is 11.4 Å². The summed E-state index contributed by atoms with van der Waals surface area (Å²) in [6.07, 6.45) is -4.70. The average Bonchev–Trinajstić information content (AvgIpc) is 2.68. The highest BCUT2D eigenvalue weighted by molar-refractivity contribution is 7.99. The summed E-state index contributed by atoms with van der Waals surface area (Å²) in [5.74, 6) is -1.65. The van der Waals surface area contributed by atoms with Gasteiger partial charge in [0.2, 0.25) is 5.82 Å². The van der Waals surface area contributed by atoms with E-state index >= 15 is 0 Å². The topological polar surface area (TPSA) is 102 Å². The van der Waals surface area contributed by atoms with Crippen LogP contribution in [0.15, 0.2) is 21.0 Å². The van der Waals surface area contributed by atoms with Crippen LogP contribution in [0, 0.1) is 0 Å². The van der Waals surface area contributed by atoms with E-state index < -0.39 is 17.7 Å². The van der Waals surface area contributed by atoms with Crippen molar-refractivity contribution in [1.82, 2.24) is 24.7 Å². The molecule has 7 nitrogen and oxygen atoms in total. The Labute approximate surface area is 120 Å². The van der Waals surface area contributed by atoms with Gasteiger partial charge in [-0.2, -0.15) is 13.2 Å². The van der Waals surface area contributed by atoms with E-state index in [0.29, 0.717) is 0 Å². The maximum absolute atomic E-state index is 12.6. The lowest BCUT2D eigenvalue weighted by molar-refractivity contribution is -0.145. The molecule has 0 spiro atoms. The van der Waals surface area contributed by atoms with Crippen molar-refractivity contribution < 1.29 is 13.2 Å². The molecule has 11 heteroatoms. The minimum absolute atomic E-state index is 0.0456. The number of hydrogen-bond acceptors (Lipinski definition) is 6. The molecule has 0 atom stereocenters. The quantitative estimate of drug-likeness (QED) is 0.834. The third-order valence-corrected chi connectivity index (χ3v) is 3.25. The molecule has 0 bridgehead atoms. The van der Waals surface area contributed by atoms with Crippen LogP contribution in [-0.4, -0.2) is 24.7 Å². The summed E-state index contributed by atoms with van der Waals surface area (Å²) >= 11 is 0.797. The molecule has 0 aromatic carbocycles. The third-order valence-electron chi connectivity index (χ3n) is 2.36. The van der Waals surface area contributed by atoms with E-state index in [0.717, 1.165) is 11.8 Å². The normalized spacial score (nSPS) is 12.1. The van der Waals surface area contributed by atoms with Crippen molar-refractivity contribution in [1.29, 1.82) is 0 Å². The number of hydrogen-bond donors (Lipinski definition) is 2. The first-order valence-electron chi connectivity index (χ1n) is 5.75. The second kappa shape index (κ2) is 5.39. The van der Waals surface area contributed by atoms with Gasteiger partial charge in [-0.15, -0.1) is 5.10 Å². The van der Waals surface area contributed by atoms with Gasteiger partial charge >= 0.3 is 11.9 Å². The Kier molecular flexibility index (Phi) is 3.94. The number of halogens is 3. The number of anilines is 1. The summed E-state index contributed by atoms with van der Waals surface area (Å²) in [7, 11) is 0. The number of nitrogens with zero attached hydrogens (tertiary/aromatic N) is 4. The molecule has 0 fully saturated rings. The van der Waals surface area contributed by atoms with Gasteiger partial charge in [-0.1, -0.05) is 0 Å². The molecule has 2 aromatic rings. The van der Waals surface area contributed by atoms with Crippen LogP contribution in [0.2, 0.25) is 0 Å². The fraction of sp³-hybridized carbons (Fsp3) is 0.400. The summed E-state index contributed by atoms with van der Waals surface area (Å²) in [5.41, 5.74) is 4.90. The zero-order valence-corrected chi connectivity index (χ0v) is 11.8. The fourth-order valence-corrected chi connectivity index (χ4v) is 2.52. The molecule has 21 heavy (non-hydrogen) atoms. The molecule has 0 aliphatic carbocycles. The minimum atomic E-state index is -4.70. The number of alkyl halides is 3. The Morgan fingerprint density at radius 2 is 2.05 bits per heavy atom. The van der Waals surface area contributed by atoms with Gasteiger partial charge in [0.1, 0.15) is 10.8 Å². The number of nitrogens with one attached hydrogen (secondary N) is 1. The molecular formula is C10H11F3N6OS. The summed E-state index contributed by atoms with van der Waals surface area (Å²) in [4.78, 5) is 18.1. The first-order valence-corrected chi connectivity index (χ1v) is 6.56. The van der Waals surface area contributed by atoms with E-state index in [2.05, 4.69) is 20.2 Å². The van der Waals surface area contributed by atoms with Gasteiger partial charge in [-0.3, -0.25) is 4.57 Å². The first-order chi connectivity index (χ1) is 9.68. The highest BCUT2D eigenvalue weighted by atomic mass is 32.2. The van der Waals surface area contributed by atoms with Crippen LogP contribution in [-0.2, 0) is 6.18 Å². The molecule has 3 N–H and O–H groups in total. The molecule has 0 unspecified atom stereocenters. The van der Waals surface area contributed by atoms with E-state index in [-0.39, 0.29) is 22.0 Å². The van der Waals surface area contributed by atoms with Crippen molar-refractivity contribution in [2.75, 3.05) is 5.73 Å². The van der Waals surface area contributed by atoms with Crippen molar-refractivity contribution in [3.05, 3.63) is 22.4 Å². The van der Waals surface area contributed by atoms with Crippen molar-refractivity contribution >= 4 is 17.6 Å². The Morgan fingerprint density at radius 1 is 1.38 bits per heavy atom. The highest BCUT2D eigenvalue weighted by Crippen LogP contribution is 2.31. The van der Waals surface area contributed by atoms with Gasteiger partial charge in [-0.25, -0.2) is 19.9 Å². The second-order valence-corrected chi connectivity index (χ2v) is 5.32. The number of aromatic nitrogens is 5. The number of H-pyrrole nitrogens is 1. The van der Waals surface area contributed by atoms with Crippen LogP contribution in [0.3, 0.4) is 0 Å². The van der Waals surface area contributed by atoms with E-state index in [9.17, 15) is 18.0 Å². The van der Waals surface area contributed by atoms with Crippen LogP contribution in [0.1, 0.15) is 25.7 Å². The van der Waals surface area contributed by atoms with E-state index in [4.69, 9.17) is 5.73 Å². The third kappa shape index (κ3) is 3.35. The molecule has 114 valence electrons. The first kappa shape index (κ1) is 15.4. The second-order valence-electron chi connectivity index (χ2n) is 4.33. The Morgan fingerprint density at radius 3 is 2.62 bits per heavy atom. The predicted molar refractivity (Wildman–Crippen MR) is 68.8 cm³/mol. The highest BCUT2D eigenvalue weighted by Gasteiger charge is 2.35. The molecule has 2 heterocycles. The van der Waals surface area contributed by atoms with Gasteiger partial charge in [0, 0.05) is 12.1 Å². The summed E-state index contributed by atoms with van der Waals surface area (Å²) in [6.45, 7) is 3.49. The number of aromatic amines is 1. The van der Waals surface area contributed by atoms with Crippen molar-refractivity contribution in [3.63, 3.8) is 0 Å². The molecule has 0 aliphatic rings. The molecule has 2 aromatic heterocycles. The molecule has 0 saturated carbocycles. The molecule has 0 aliphatic heterocycles. The van der Waals surface area contributed by atoms with Crippen molar-refractivity contribution in [2.45, 2.75) is 36.2 Å². The van der Waals surface area contributed by atoms with Crippen LogP contribution in [0.4, 0.5) is 19.0 Å². The smallest absolute Gasteiger partial charge is 0.384 e. The summed E-state index contributed by atoms with van der Waals surface area (Å²) in [6, 6.07) is 0.976. The predicted octanol–water partition coefficient (Wildman–Crippen LogP) is 1.69. The van der Waals surface area contributed by atoms with E-state index in [1.54, 1.807) is 13.8 Å². The number of nitrogen functional groups attached to an aromatic ring is 1. The summed E-state index contributed by atoms with van der Waals surface area (Å²) < 4.78 is 39.2. The van der Waals surface area contributed by atoms with Gasteiger partial charge in [0.25, 0.3) is 0 Å². The van der Waals surface area contributed by atoms with Crippen LogP contribution in [0.5, 0.6) is 0 Å². The lowest BCUT2D eigenvalue weighted by atomic mass is 10.4. The summed E-state index contributed by atoms with van der Waals surface area (Å²) in [5, 5.41) is 6.15. The van der Waals surface area contributed by atoms with E-state index in [1.807, 2.05) is 0 Å². The maximum Gasteiger partial charge on any atom is 0.451 e. The molecule has 2 rings (SSSR count). The Bertz CT molecular complexity index is 708. The zero-order chi connectivity index (χ0) is 15.8. The number of rotatable bonds is 3. The Balaban J connectivity index is 2.41. The maximum atomic E-state index is 12.6. The molecule has 0 radical (unpaired) electrons. The van der Waals surface area contributed by atoms with Gasteiger partial charge in [0.05, 0.1) is 0 Å². The lowest BCUT2D eigenvalue weighted by Gasteiger charge is -2.10. The van der Waals surface area contributed by atoms with Crippen LogP contribution >= 0.6 is 11.8 Å². The van der Waals surface area contributed by atoms with Crippen LogP contribution in [0.25, 0.3) is 0 Å². The fourth-order valence-electron chi connectivity index (χ4n) is 1.53. The molecular weight excluding hydrogens is 309 g/mol. The van der Waals surface area contributed by atoms with Gasteiger partial charge in [-0.05, 0) is 25.6 Å². The average molecular weight is 320 g/mol. The van der Waals surface area contributed by atoms with Crippen molar-refractivity contribution in [3.8, 4) is 0 Å². The largest absolute Gasteiger partial charge is 0.451 e. The number of nitrogens with two attached hydrogens (primary N) is 1. The van der Waals surface area contributed by atoms with Gasteiger partial charge < -0.3 is 5.73 Å². The lowest BCUT2D eigenvalue weighted by Crippen LogP contribution is -2.19. The SMILES string of the molecule is CC(C)n1c(Sc2cc(N)nc(C(F)(F)F)n2)n[nH]c1=O. The van der Waals surface area contributed by atoms with Crippen molar-refractivity contribution in [2.24, 2.45) is 0 Å². The van der Waals surface area contributed by atoms with Gasteiger partial charge in [0.15, 0.2) is 5.16 Å². The monoisotopic (exact) mass is 320 g/mol. The Hall–Kier alpha value is -2.04. The zero-order valence-electron chi connectivity index (χ0n) is 11.0. The standard InChI is InChI=1S/C10H11F3N6OS/c1-4(2)19-8(20)17-18-9(19)21-6-3-5(14)15-7(16-6)10(11,12)13/h3-4H,1-2H3,(H,17,20)(H2,14,15,16). The van der Waals surface area contributed by atoms with E-state index in [1.165, 1.54) is 10.6 Å².